The number of nitrogens with zero attached hydrogens (tertiary/aromatic N) is 1. The Bertz CT molecular complexity index is 458. The highest BCUT2D eigenvalue weighted by Crippen LogP contribution is 2.29. The molecule has 0 bridgehead atoms. The maximum absolute atomic E-state index is 10.8. The Morgan fingerprint density at radius 2 is 2.22 bits per heavy atom. The fourth-order valence-corrected chi connectivity index (χ4v) is 1.57. The van der Waals surface area contributed by atoms with E-state index in [2.05, 4.69) is 0 Å². The van der Waals surface area contributed by atoms with Gasteiger partial charge in [-0.05, 0) is 19.4 Å². The second-order valence-electron chi connectivity index (χ2n) is 3.96. The van der Waals surface area contributed by atoms with Gasteiger partial charge in [0.1, 0.15) is 0 Å². The van der Waals surface area contributed by atoms with Crippen molar-refractivity contribution in [1.82, 2.24) is 0 Å². The van der Waals surface area contributed by atoms with E-state index in [9.17, 15) is 14.9 Å². The zero-order valence-electron chi connectivity index (χ0n) is 10.3. The van der Waals surface area contributed by atoms with Crippen LogP contribution in [0.5, 0.6) is 5.75 Å². The number of carboxylic acid groups (broad SMARTS) is 1. The number of nitro groups is 1. The zero-order chi connectivity index (χ0) is 13.7. The van der Waals surface area contributed by atoms with E-state index in [0.29, 0.717) is 0 Å². The van der Waals surface area contributed by atoms with E-state index in [4.69, 9.17) is 9.84 Å². The monoisotopic (exact) mass is 253 g/mol. The van der Waals surface area contributed by atoms with Gasteiger partial charge in [-0.3, -0.25) is 10.1 Å². The predicted molar refractivity (Wildman–Crippen MR) is 65.1 cm³/mol. The molecule has 0 heterocycles. The molecule has 18 heavy (non-hydrogen) atoms. The van der Waals surface area contributed by atoms with Crippen molar-refractivity contribution < 1.29 is 19.6 Å². The minimum atomic E-state index is -1.14. The third kappa shape index (κ3) is 3.44. The molecule has 1 aromatic rings. The number of aromatic carboxylic acids is 1. The van der Waals surface area contributed by atoms with Gasteiger partial charge in [0.2, 0.25) is 0 Å². The lowest BCUT2D eigenvalue weighted by Gasteiger charge is -2.14. The van der Waals surface area contributed by atoms with Crippen molar-refractivity contribution in [1.29, 1.82) is 0 Å². The molecule has 6 heteroatoms. The lowest BCUT2D eigenvalue weighted by atomic mass is 10.2. The summed E-state index contributed by atoms with van der Waals surface area (Å²) in [6.07, 6.45) is 1.43. The zero-order valence-corrected chi connectivity index (χ0v) is 10.3. The average Bonchev–Trinajstić information content (AvgIpc) is 2.28. The van der Waals surface area contributed by atoms with Crippen molar-refractivity contribution in [2.24, 2.45) is 0 Å². The van der Waals surface area contributed by atoms with Crippen LogP contribution in [0.4, 0.5) is 5.69 Å². The normalized spacial score (nSPS) is 11.9. The highest BCUT2D eigenvalue weighted by atomic mass is 16.6. The first-order valence-corrected chi connectivity index (χ1v) is 5.64. The highest BCUT2D eigenvalue weighted by Gasteiger charge is 2.19. The molecule has 1 unspecified atom stereocenters. The van der Waals surface area contributed by atoms with Crippen molar-refractivity contribution >= 4 is 11.7 Å². The SMILES string of the molecule is CCCC(C)Oc1cc(C(=O)O)ccc1[N+](=O)[O-]. The number of rotatable bonds is 6. The summed E-state index contributed by atoms with van der Waals surface area (Å²) in [5.41, 5.74) is -0.248. The Balaban J connectivity index is 3.07. The van der Waals surface area contributed by atoms with Gasteiger partial charge >= 0.3 is 11.7 Å². The van der Waals surface area contributed by atoms with Gasteiger partial charge in [0.15, 0.2) is 5.75 Å². The molecule has 0 saturated carbocycles. The smallest absolute Gasteiger partial charge is 0.335 e. The first kappa shape index (κ1) is 14.0. The number of carboxylic acids is 1. The molecule has 0 fully saturated rings. The van der Waals surface area contributed by atoms with Crippen LogP contribution < -0.4 is 4.74 Å². The average molecular weight is 253 g/mol. The number of nitro benzene ring substituents is 1. The van der Waals surface area contributed by atoms with E-state index in [1.807, 2.05) is 6.92 Å². The lowest BCUT2D eigenvalue weighted by molar-refractivity contribution is -0.386. The molecule has 0 aliphatic rings. The Labute approximate surface area is 104 Å². The van der Waals surface area contributed by atoms with Crippen molar-refractivity contribution in [3.63, 3.8) is 0 Å². The van der Waals surface area contributed by atoms with Crippen LogP contribution in [-0.4, -0.2) is 22.1 Å². The van der Waals surface area contributed by atoms with Gasteiger partial charge in [0, 0.05) is 12.1 Å². The Hall–Kier alpha value is -2.11. The molecule has 1 atom stereocenters. The Morgan fingerprint density at radius 3 is 2.72 bits per heavy atom. The van der Waals surface area contributed by atoms with E-state index in [0.717, 1.165) is 18.9 Å². The molecule has 0 radical (unpaired) electrons. The van der Waals surface area contributed by atoms with Crippen LogP contribution in [0.3, 0.4) is 0 Å². The Kier molecular flexibility index (Phi) is 4.65. The van der Waals surface area contributed by atoms with Gasteiger partial charge in [0.25, 0.3) is 0 Å². The second-order valence-corrected chi connectivity index (χ2v) is 3.96. The lowest BCUT2D eigenvalue weighted by Crippen LogP contribution is -2.12. The molecule has 0 spiro atoms. The summed E-state index contributed by atoms with van der Waals surface area (Å²) in [5.74, 6) is -1.14. The van der Waals surface area contributed by atoms with Gasteiger partial charge in [-0.15, -0.1) is 0 Å². The van der Waals surface area contributed by atoms with E-state index in [1.165, 1.54) is 12.1 Å². The van der Waals surface area contributed by atoms with Crippen LogP contribution >= 0.6 is 0 Å². The molecule has 0 aromatic heterocycles. The molecule has 0 saturated heterocycles. The molecule has 98 valence electrons. The van der Waals surface area contributed by atoms with Crippen molar-refractivity contribution in [2.45, 2.75) is 32.8 Å². The Morgan fingerprint density at radius 1 is 1.56 bits per heavy atom. The summed E-state index contributed by atoms with van der Waals surface area (Å²) >= 11 is 0. The van der Waals surface area contributed by atoms with Gasteiger partial charge in [-0.25, -0.2) is 4.79 Å². The van der Waals surface area contributed by atoms with E-state index < -0.39 is 10.9 Å². The predicted octanol–water partition coefficient (Wildman–Crippen LogP) is 2.86. The summed E-state index contributed by atoms with van der Waals surface area (Å²) in [6, 6.07) is 3.53. The van der Waals surface area contributed by atoms with Crippen LogP contribution in [0.25, 0.3) is 0 Å². The first-order valence-electron chi connectivity index (χ1n) is 5.64. The maximum Gasteiger partial charge on any atom is 0.335 e. The molecule has 6 nitrogen and oxygen atoms in total. The fraction of sp³-hybridized carbons (Fsp3) is 0.417. The quantitative estimate of drug-likeness (QED) is 0.621. The topological polar surface area (TPSA) is 89.7 Å². The number of hydrogen-bond acceptors (Lipinski definition) is 4. The molecule has 0 aliphatic heterocycles. The molecule has 1 rings (SSSR count). The number of ether oxygens (including phenoxy) is 1. The summed E-state index contributed by atoms with van der Waals surface area (Å²) in [5, 5.41) is 19.7. The van der Waals surface area contributed by atoms with Crippen LogP contribution in [0, 0.1) is 10.1 Å². The van der Waals surface area contributed by atoms with Crippen LogP contribution in [0.1, 0.15) is 37.0 Å². The van der Waals surface area contributed by atoms with E-state index >= 15 is 0 Å². The van der Waals surface area contributed by atoms with Gasteiger partial charge < -0.3 is 9.84 Å². The van der Waals surface area contributed by atoms with Crippen LogP contribution in [0.2, 0.25) is 0 Å². The molecule has 1 N–H and O–H groups in total. The standard InChI is InChI=1S/C12H15NO5/c1-3-4-8(2)18-11-7-9(12(14)15)5-6-10(11)13(16)17/h5-8H,3-4H2,1-2H3,(H,14,15). The van der Waals surface area contributed by atoms with Crippen LogP contribution in [0.15, 0.2) is 18.2 Å². The van der Waals surface area contributed by atoms with Gasteiger partial charge in [0.05, 0.1) is 16.6 Å². The molecular formula is C12H15NO5. The molecular weight excluding hydrogens is 238 g/mol. The second kappa shape index (κ2) is 6.00. The minimum Gasteiger partial charge on any atom is -0.484 e. The first-order chi connectivity index (χ1) is 8.45. The van der Waals surface area contributed by atoms with Crippen molar-refractivity contribution in [2.75, 3.05) is 0 Å². The molecule has 0 aliphatic carbocycles. The summed E-state index contributed by atoms with van der Waals surface area (Å²) in [6.45, 7) is 3.77. The van der Waals surface area contributed by atoms with E-state index in [-0.39, 0.29) is 23.1 Å². The van der Waals surface area contributed by atoms with Crippen molar-refractivity contribution in [3.8, 4) is 5.75 Å². The van der Waals surface area contributed by atoms with Crippen molar-refractivity contribution in [3.05, 3.63) is 33.9 Å². The highest BCUT2D eigenvalue weighted by molar-refractivity contribution is 5.88. The summed E-state index contributed by atoms with van der Waals surface area (Å²) in [4.78, 5) is 21.1. The minimum absolute atomic E-state index is 0.000787. The number of benzene rings is 1. The van der Waals surface area contributed by atoms with Crippen LogP contribution in [-0.2, 0) is 0 Å². The third-order valence-corrected chi connectivity index (χ3v) is 2.43. The molecule has 0 amide bonds. The largest absolute Gasteiger partial charge is 0.484 e. The fourth-order valence-electron chi connectivity index (χ4n) is 1.57. The van der Waals surface area contributed by atoms with Gasteiger partial charge in [-0.2, -0.15) is 0 Å². The maximum atomic E-state index is 10.8. The molecule has 1 aromatic carbocycles. The van der Waals surface area contributed by atoms with Gasteiger partial charge in [-0.1, -0.05) is 13.3 Å². The summed E-state index contributed by atoms with van der Waals surface area (Å²) < 4.78 is 5.43. The third-order valence-electron chi connectivity index (χ3n) is 2.43. The summed E-state index contributed by atoms with van der Waals surface area (Å²) in [7, 11) is 0. The number of hydrogen-bond donors (Lipinski definition) is 1. The van der Waals surface area contributed by atoms with E-state index in [1.54, 1.807) is 6.92 Å². The number of carbonyl (C=O) groups is 1.